The van der Waals surface area contributed by atoms with Gasteiger partial charge in [-0.15, -0.1) is 11.3 Å². The summed E-state index contributed by atoms with van der Waals surface area (Å²) in [4.78, 5) is 10.4. The second-order valence-electron chi connectivity index (χ2n) is 3.20. The fourth-order valence-electron chi connectivity index (χ4n) is 1.22. The van der Waals surface area contributed by atoms with Gasteiger partial charge in [-0.2, -0.15) is 4.31 Å². The number of thiophene rings is 1. The highest BCUT2D eigenvalue weighted by atomic mass is 32.2. The van der Waals surface area contributed by atoms with E-state index in [-0.39, 0.29) is 30.3 Å². The minimum Gasteiger partial charge on any atom is -0.481 e. The van der Waals surface area contributed by atoms with Gasteiger partial charge in [0.25, 0.3) is 10.0 Å². The van der Waals surface area contributed by atoms with E-state index in [0.29, 0.717) is 0 Å². The average Bonchev–Trinajstić information content (AvgIpc) is 2.77. The summed E-state index contributed by atoms with van der Waals surface area (Å²) >= 11 is 1.06. The molecule has 0 bridgehead atoms. The molecule has 0 amide bonds. The zero-order chi connectivity index (χ0) is 12.9. The Balaban J connectivity index is 2.86. The SMILES string of the molecule is O=C(O)CCN(CCO)S(=O)(=O)c1cccs1. The molecule has 0 unspecified atom stereocenters. The van der Waals surface area contributed by atoms with Gasteiger partial charge in [0.05, 0.1) is 13.0 Å². The lowest BCUT2D eigenvalue weighted by atomic mass is 10.4. The molecule has 1 aromatic heterocycles. The molecule has 0 atom stereocenters. The van der Waals surface area contributed by atoms with E-state index in [1.807, 2.05) is 0 Å². The molecule has 0 fully saturated rings. The zero-order valence-corrected chi connectivity index (χ0v) is 10.6. The molecule has 0 radical (unpaired) electrons. The molecule has 0 aliphatic heterocycles. The van der Waals surface area contributed by atoms with Gasteiger partial charge in [-0.3, -0.25) is 4.79 Å². The highest BCUT2D eigenvalue weighted by Gasteiger charge is 2.25. The topological polar surface area (TPSA) is 94.9 Å². The fourth-order valence-corrected chi connectivity index (χ4v) is 3.80. The first-order valence-corrected chi connectivity index (χ1v) is 7.16. The first kappa shape index (κ1) is 14.1. The van der Waals surface area contributed by atoms with E-state index in [4.69, 9.17) is 10.2 Å². The van der Waals surface area contributed by atoms with E-state index in [0.717, 1.165) is 15.6 Å². The van der Waals surface area contributed by atoms with Crippen LogP contribution in [0.2, 0.25) is 0 Å². The molecular weight excluding hydrogens is 266 g/mol. The van der Waals surface area contributed by atoms with E-state index in [2.05, 4.69) is 0 Å². The Morgan fingerprint density at radius 3 is 2.59 bits per heavy atom. The Morgan fingerprint density at radius 1 is 1.41 bits per heavy atom. The molecule has 1 aromatic rings. The summed E-state index contributed by atoms with van der Waals surface area (Å²) in [6.45, 7) is -0.589. The first-order valence-electron chi connectivity index (χ1n) is 4.85. The Kier molecular flexibility index (Phi) is 5.06. The van der Waals surface area contributed by atoms with Crippen LogP contribution in [0.4, 0.5) is 0 Å². The number of aliphatic carboxylic acids is 1. The van der Waals surface area contributed by atoms with Crippen molar-refractivity contribution in [2.45, 2.75) is 10.6 Å². The minimum absolute atomic E-state index is 0.104. The molecule has 0 aromatic carbocycles. The average molecular weight is 279 g/mol. The predicted octanol–water partition coefficient (Wildman–Crippen LogP) is 0.206. The highest BCUT2D eigenvalue weighted by molar-refractivity contribution is 7.91. The van der Waals surface area contributed by atoms with Gasteiger partial charge in [-0.05, 0) is 11.4 Å². The van der Waals surface area contributed by atoms with Crippen LogP contribution >= 0.6 is 11.3 Å². The molecule has 0 aliphatic rings. The van der Waals surface area contributed by atoms with E-state index in [1.54, 1.807) is 11.4 Å². The number of aliphatic hydroxyl groups excluding tert-OH is 1. The van der Waals surface area contributed by atoms with Crippen LogP contribution in [-0.4, -0.2) is 48.6 Å². The van der Waals surface area contributed by atoms with E-state index in [1.165, 1.54) is 6.07 Å². The lowest BCUT2D eigenvalue weighted by Crippen LogP contribution is -2.35. The van der Waals surface area contributed by atoms with Gasteiger partial charge < -0.3 is 10.2 Å². The summed E-state index contributed by atoms with van der Waals surface area (Å²) in [7, 11) is -3.69. The number of hydrogen-bond acceptors (Lipinski definition) is 5. The van der Waals surface area contributed by atoms with Crippen molar-refractivity contribution < 1.29 is 23.4 Å². The highest BCUT2D eigenvalue weighted by Crippen LogP contribution is 2.20. The number of rotatable bonds is 7. The van der Waals surface area contributed by atoms with Crippen molar-refractivity contribution in [2.24, 2.45) is 0 Å². The molecule has 96 valence electrons. The second-order valence-corrected chi connectivity index (χ2v) is 6.32. The molecule has 6 nitrogen and oxygen atoms in total. The second kappa shape index (κ2) is 6.10. The Hall–Kier alpha value is -0.960. The normalized spacial score (nSPS) is 11.9. The minimum atomic E-state index is -3.69. The van der Waals surface area contributed by atoms with Gasteiger partial charge in [-0.1, -0.05) is 6.07 Å². The van der Waals surface area contributed by atoms with Crippen molar-refractivity contribution in [3.63, 3.8) is 0 Å². The lowest BCUT2D eigenvalue weighted by molar-refractivity contribution is -0.137. The zero-order valence-electron chi connectivity index (χ0n) is 8.94. The third-order valence-corrected chi connectivity index (χ3v) is 5.29. The number of hydrogen-bond donors (Lipinski definition) is 2. The summed E-state index contributed by atoms with van der Waals surface area (Å²) in [5.41, 5.74) is 0. The van der Waals surface area contributed by atoms with Gasteiger partial charge in [0.15, 0.2) is 0 Å². The van der Waals surface area contributed by atoms with Crippen molar-refractivity contribution >= 4 is 27.3 Å². The molecule has 1 heterocycles. The maximum absolute atomic E-state index is 12.0. The van der Waals surface area contributed by atoms with Crippen LogP contribution in [-0.2, 0) is 14.8 Å². The summed E-state index contributed by atoms with van der Waals surface area (Å²) in [6, 6.07) is 3.05. The van der Waals surface area contributed by atoms with Crippen LogP contribution in [0.25, 0.3) is 0 Å². The molecule has 8 heteroatoms. The quantitative estimate of drug-likeness (QED) is 0.743. The number of nitrogens with zero attached hydrogens (tertiary/aromatic N) is 1. The predicted molar refractivity (Wildman–Crippen MR) is 62.4 cm³/mol. The number of carbonyl (C=O) groups is 1. The largest absolute Gasteiger partial charge is 0.481 e. The number of sulfonamides is 1. The molecule has 17 heavy (non-hydrogen) atoms. The smallest absolute Gasteiger partial charge is 0.304 e. The van der Waals surface area contributed by atoms with Gasteiger partial charge in [-0.25, -0.2) is 8.42 Å². The van der Waals surface area contributed by atoms with Crippen LogP contribution in [0.3, 0.4) is 0 Å². The fraction of sp³-hybridized carbons (Fsp3) is 0.444. The van der Waals surface area contributed by atoms with E-state index in [9.17, 15) is 13.2 Å². The Labute approximate surface area is 103 Å². The molecular formula is C9H13NO5S2. The molecule has 0 saturated carbocycles. The van der Waals surface area contributed by atoms with Crippen LogP contribution in [0.1, 0.15) is 6.42 Å². The standard InChI is InChI=1S/C9H13NO5S2/c11-6-5-10(4-3-8(12)13)17(14,15)9-2-1-7-16-9/h1-2,7,11H,3-6H2,(H,12,13). The van der Waals surface area contributed by atoms with Crippen molar-refractivity contribution in [3.05, 3.63) is 17.5 Å². The number of aliphatic hydroxyl groups is 1. The van der Waals surface area contributed by atoms with Crippen molar-refractivity contribution in [3.8, 4) is 0 Å². The van der Waals surface area contributed by atoms with Crippen LogP contribution in [0, 0.1) is 0 Å². The summed E-state index contributed by atoms with van der Waals surface area (Å²) in [6.07, 6.45) is -0.287. The number of carboxylic acids is 1. The summed E-state index contributed by atoms with van der Waals surface area (Å²) in [5, 5.41) is 19.0. The van der Waals surface area contributed by atoms with Crippen molar-refractivity contribution in [1.29, 1.82) is 0 Å². The van der Waals surface area contributed by atoms with Gasteiger partial charge in [0.2, 0.25) is 0 Å². The first-order chi connectivity index (χ1) is 7.98. The number of carboxylic acid groups (broad SMARTS) is 1. The van der Waals surface area contributed by atoms with Crippen LogP contribution < -0.4 is 0 Å². The van der Waals surface area contributed by atoms with E-state index < -0.39 is 16.0 Å². The van der Waals surface area contributed by atoms with Crippen molar-refractivity contribution in [1.82, 2.24) is 4.31 Å². The van der Waals surface area contributed by atoms with E-state index >= 15 is 0 Å². The third-order valence-electron chi connectivity index (χ3n) is 2.01. The van der Waals surface area contributed by atoms with Gasteiger partial charge >= 0.3 is 5.97 Å². The van der Waals surface area contributed by atoms with Gasteiger partial charge in [0, 0.05) is 13.1 Å². The van der Waals surface area contributed by atoms with Gasteiger partial charge in [0.1, 0.15) is 4.21 Å². The summed E-state index contributed by atoms with van der Waals surface area (Å²) < 4.78 is 25.2. The molecule has 0 aliphatic carbocycles. The summed E-state index contributed by atoms with van der Waals surface area (Å²) in [5.74, 6) is -1.07. The maximum Gasteiger partial charge on any atom is 0.304 e. The molecule has 1 rings (SSSR count). The third kappa shape index (κ3) is 3.77. The lowest BCUT2D eigenvalue weighted by Gasteiger charge is -2.19. The molecule has 0 saturated heterocycles. The Morgan fingerprint density at radius 2 is 2.12 bits per heavy atom. The molecule has 2 N–H and O–H groups in total. The van der Waals surface area contributed by atoms with Crippen LogP contribution in [0.15, 0.2) is 21.7 Å². The Bertz CT molecular complexity index is 454. The van der Waals surface area contributed by atoms with Crippen molar-refractivity contribution in [2.75, 3.05) is 19.7 Å². The molecule has 0 spiro atoms. The van der Waals surface area contributed by atoms with Crippen LogP contribution in [0.5, 0.6) is 0 Å². The maximum atomic E-state index is 12.0. The monoisotopic (exact) mass is 279 g/mol.